The van der Waals surface area contributed by atoms with Crippen LogP contribution in [0.4, 0.5) is 0 Å². The van der Waals surface area contributed by atoms with Crippen LogP contribution in [0.2, 0.25) is 0 Å². The molecule has 3 rings (SSSR count). The Kier molecular flexibility index (Phi) is 5.99. The van der Waals surface area contributed by atoms with Crippen molar-refractivity contribution in [2.45, 2.75) is 31.9 Å². The quantitative estimate of drug-likeness (QED) is 0.567. The summed E-state index contributed by atoms with van der Waals surface area (Å²) in [7, 11) is 0. The number of phenols is 1. The van der Waals surface area contributed by atoms with Gasteiger partial charge in [0.15, 0.2) is 0 Å². The third-order valence-corrected chi connectivity index (χ3v) is 4.58. The first kappa shape index (κ1) is 19.2. The zero-order valence-corrected chi connectivity index (χ0v) is 15.9. The Bertz CT molecular complexity index is 869. The third-order valence-electron chi connectivity index (χ3n) is 4.58. The molecule has 0 amide bonds. The number of ether oxygens (including phenoxy) is 1. The Labute approximate surface area is 160 Å². The first-order valence-electron chi connectivity index (χ1n) is 9.24. The average molecular weight is 365 g/mol. The molecule has 3 aromatic rings. The molecule has 0 saturated heterocycles. The molecule has 0 aromatic heterocycles. The molecule has 142 valence electrons. The molecule has 0 bridgehead atoms. The summed E-state index contributed by atoms with van der Waals surface area (Å²) in [5.41, 5.74) is 0.948. The molecule has 0 fully saturated rings. The maximum atomic E-state index is 10.3. The number of hydrogen-bond donors (Lipinski definition) is 3. The van der Waals surface area contributed by atoms with E-state index in [4.69, 9.17) is 4.74 Å². The van der Waals surface area contributed by atoms with Gasteiger partial charge in [-0.25, -0.2) is 0 Å². The van der Waals surface area contributed by atoms with Gasteiger partial charge in [-0.3, -0.25) is 0 Å². The van der Waals surface area contributed by atoms with Crippen LogP contribution in [0.15, 0.2) is 66.7 Å². The Morgan fingerprint density at radius 2 is 1.67 bits per heavy atom. The number of aliphatic hydroxyl groups is 1. The van der Waals surface area contributed by atoms with Gasteiger partial charge < -0.3 is 20.3 Å². The standard InChI is InChI=1S/C23H27NO3/c1-23(2,14-17-10-12-19(25)13-11-17)24-15-20(26)16-27-22-9-5-7-18-6-3-4-8-21(18)22/h3-13,20,24-26H,14-16H2,1-2H3. The van der Waals surface area contributed by atoms with Crippen molar-refractivity contribution < 1.29 is 14.9 Å². The molecule has 0 spiro atoms. The molecule has 1 atom stereocenters. The minimum absolute atomic E-state index is 0.183. The van der Waals surface area contributed by atoms with E-state index < -0.39 is 6.10 Å². The molecule has 1 unspecified atom stereocenters. The zero-order chi connectivity index (χ0) is 19.3. The fourth-order valence-electron chi connectivity index (χ4n) is 3.15. The van der Waals surface area contributed by atoms with Gasteiger partial charge in [-0.05, 0) is 49.4 Å². The van der Waals surface area contributed by atoms with Crippen molar-refractivity contribution in [1.82, 2.24) is 5.32 Å². The van der Waals surface area contributed by atoms with Gasteiger partial charge >= 0.3 is 0 Å². The number of aromatic hydroxyl groups is 1. The second kappa shape index (κ2) is 8.42. The molecule has 27 heavy (non-hydrogen) atoms. The average Bonchev–Trinajstić information content (AvgIpc) is 2.66. The topological polar surface area (TPSA) is 61.7 Å². The maximum absolute atomic E-state index is 10.3. The fraction of sp³-hybridized carbons (Fsp3) is 0.304. The summed E-state index contributed by atoms with van der Waals surface area (Å²) in [4.78, 5) is 0. The molecular weight excluding hydrogens is 338 g/mol. The minimum Gasteiger partial charge on any atom is -0.508 e. The van der Waals surface area contributed by atoms with Crippen LogP contribution in [0.25, 0.3) is 10.8 Å². The van der Waals surface area contributed by atoms with E-state index in [1.54, 1.807) is 12.1 Å². The summed E-state index contributed by atoms with van der Waals surface area (Å²) in [6.07, 6.45) is 0.188. The van der Waals surface area contributed by atoms with Crippen molar-refractivity contribution in [3.8, 4) is 11.5 Å². The van der Waals surface area contributed by atoms with Gasteiger partial charge in [-0.2, -0.15) is 0 Å². The molecule has 4 heteroatoms. The summed E-state index contributed by atoms with van der Waals surface area (Å²) < 4.78 is 5.86. The normalized spacial score (nSPS) is 12.9. The Hall–Kier alpha value is -2.56. The van der Waals surface area contributed by atoms with E-state index in [1.807, 2.05) is 54.6 Å². The van der Waals surface area contributed by atoms with E-state index in [-0.39, 0.29) is 17.9 Å². The lowest BCUT2D eigenvalue weighted by Crippen LogP contribution is -2.46. The Balaban J connectivity index is 1.51. The molecule has 0 aliphatic rings. The number of phenolic OH excluding ortho intramolecular Hbond substituents is 1. The number of nitrogens with one attached hydrogen (secondary N) is 1. The van der Waals surface area contributed by atoms with Gasteiger partial charge in [0.25, 0.3) is 0 Å². The van der Waals surface area contributed by atoms with Crippen LogP contribution in [0, 0.1) is 0 Å². The highest BCUT2D eigenvalue weighted by atomic mass is 16.5. The predicted octanol–water partition coefficient (Wildman–Crippen LogP) is 3.90. The van der Waals surface area contributed by atoms with Crippen LogP contribution in [-0.2, 0) is 6.42 Å². The molecule has 0 radical (unpaired) electrons. The molecule has 0 aliphatic carbocycles. The highest BCUT2D eigenvalue weighted by molar-refractivity contribution is 5.88. The fourth-order valence-corrected chi connectivity index (χ4v) is 3.15. The van der Waals surface area contributed by atoms with Crippen molar-refractivity contribution in [1.29, 1.82) is 0 Å². The number of β-amino-alcohol motifs (C(OH)–C–C–N with tert-alkyl or cyclic N) is 1. The van der Waals surface area contributed by atoms with Crippen LogP contribution in [0.1, 0.15) is 19.4 Å². The lowest BCUT2D eigenvalue weighted by molar-refractivity contribution is 0.0996. The van der Waals surface area contributed by atoms with Crippen LogP contribution < -0.4 is 10.1 Å². The summed E-state index contributed by atoms with van der Waals surface area (Å²) in [6.45, 7) is 4.86. The van der Waals surface area contributed by atoms with Gasteiger partial charge in [0.1, 0.15) is 24.2 Å². The largest absolute Gasteiger partial charge is 0.508 e. The van der Waals surface area contributed by atoms with Crippen LogP contribution in [0.5, 0.6) is 11.5 Å². The van der Waals surface area contributed by atoms with E-state index in [0.717, 1.165) is 28.5 Å². The number of hydrogen-bond acceptors (Lipinski definition) is 4. The summed E-state index contributed by atoms with van der Waals surface area (Å²) in [5, 5.41) is 25.3. The molecule has 4 nitrogen and oxygen atoms in total. The summed E-state index contributed by atoms with van der Waals surface area (Å²) >= 11 is 0. The maximum Gasteiger partial charge on any atom is 0.127 e. The second-order valence-electron chi connectivity index (χ2n) is 7.55. The monoisotopic (exact) mass is 365 g/mol. The number of aliphatic hydroxyl groups excluding tert-OH is 1. The van der Waals surface area contributed by atoms with E-state index >= 15 is 0 Å². The minimum atomic E-state index is -0.608. The molecule has 3 N–H and O–H groups in total. The Morgan fingerprint density at radius 3 is 2.44 bits per heavy atom. The summed E-state index contributed by atoms with van der Waals surface area (Å²) in [5.74, 6) is 1.06. The first-order chi connectivity index (χ1) is 12.9. The van der Waals surface area contributed by atoms with E-state index in [2.05, 4.69) is 19.2 Å². The Morgan fingerprint density at radius 1 is 0.963 bits per heavy atom. The van der Waals surface area contributed by atoms with Gasteiger partial charge in [0.05, 0.1) is 0 Å². The van der Waals surface area contributed by atoms with E-state index in [1.165, 1.54) is 0 Å². The van der Waals surface area contributed by atoms with Gasteiger partial charge in [0.2, 0.25) is 0 Å². The van der Waals surface area contributed by atoms with Gasteiger partial charge in [-0.1, -0.05) is 48.5 Å². The predicted molar refractivity (Wildman–Crippen MR) is 109 cm³/mol. The van der Waals surface area contributed by atoms with Crippen molar-refractivity contribution in [3.05, 3.63) is 72.3 Å². The third kappa shape index (κ3) is 5.46. The molecular formula is C23H27NO3. The number of benzene rings is 3. The van der Waals surface area contributed by atoms with Crippen molar-refractivity contribution >= 4 is 10.8 Å². The molecule has 3 aromatic carbocycles. The smallest absolute Gasteiger partial charge is 0.127 e. The lowest BCUT2D eigenvalue weighted by Gasteiger charge is -2.28. The van der Waals surface area contributed by atoms with Crippen molar-refractivity contribution in [2.75, 3.05) is 13.2 Å². The second-order valence-corrected chi connectivity index (χ2v) is 7.55. The molecule has 0 aliphatic heterocycles. The highest BCUT2D eigenvalue weighted by Crippen LogP contribution is 2.25. The lowest BCUT2D eigenvalue weighted by atomic mass is 9.94. The number of rotatable bonds is 8. The van der Waals surface area contributed by atoms with Gasteiger partial charge in [-0.15, -0.1) is 0 Å². The van der Waals surface area contributed by atoms with E-state index in [9.17, 15) is 10.2 Å². The van der Waals surface area contributed by atoms with Crippen molar-refractivity contribution in [3.63, 3.8) is 0 Å². The van der Waals surface area contributed by atoms with Crippen molar-refractivity contribution in [2.24, 2.45) is 0 Å². The SMILES string of the molecule is CC(C)(Cc1ccc(O)cc1)NCC(O)COc1cccc2ccccc12. The van der Waals surface area contributed by atoms with Crippen LogP contribution >= 0.6 is 0 Å². The zero-order valence-electron chi connectivity index (χ0n) is 15.9. The molecule has 0 saturated carbocycles. The van der Waals surface area contributed by atoms with E-state index in [0.29, 0.717) is 6.54 Å². The van der Waals surface area contributed by atoms with Crippen LogP contribution in [0.3, 0.4) is 0 Å². The first-order valence-corrected chi connectivity index (χ1v) is 9.24. The van der Waals surface area contributed by atoms with Crippen LogP contribution in [-0.4, -0.2) is 35.0 Å². The summed E-state index contributed by atoms with van der Waals surface area (Å²) in [6, 6.07) is 21.2. The number of fused-ring (bicyclic) bond motifs is 1. The van der Waals surface area contributed by atoms with Gasteiger partial charge in [0, 0.05) is 17.5 Å². The highest BCUT2D eigenvalue weighted by Gasteiger charge is 2.19. The molecule has 0 heterocycles.